The van der Waals surface area contributed by atoms with Gasteiger partial charge in [0, 0.05) is 47.7 Å². The molecule has 0 amide bonds. The van der Waals surface area contributed by atoms with Crippen LogP contribution in [0.3, 0.4) is 0 Å². The summed E-state index contributed by atoms with van der Waals surface area (Å²) in [6.45, 7) is 0.718. The van der Waals surface area contributed by atoms with E-state index in [-0.39, 0.29) is 5.56 Å². The third kappa shape index (κ3) is 5.93. The largest absolute Gasteiger partial charge is 0.341 e. The van der Waals surface area contributed by atoms with E-state index in [1.807, 2.05) is 83.0 Å². The zero-order chi connectivity index (χ0) is 25.9. The van der Waals surface area contributed by atoms with Gasteiger partial charge in [0.15, 0.2) is 0 Å². The van der Waals surface area contributed by atoms with Crippen LogP contribution >= 0.6 is 23.2 Å². The fourth-order valence-corrected chi connectivity index (χ4v) is 4.55. The Morgan fingerprint density at radius 1 is 1.03 bits per heavy atom. The molecule has 1 unspecified atom stereocenters. The number of nitrogens with zero attached hydrogens (tertiary/aromatic N) is 4. The second-order valence-corrected chi connectivity index (χ2v) is 10.2. The van der Waals surface area contributed by atoms with E-state index in [0.717, 1.165) is 52.8 Å². The minimum Gasteiger partial charge on any atom is -0.341 e. The fourth-order valence-electron chi connectivity index (χ4n) is 4.23. The number of benzene rings is 2. The summed E-state index contributed by atoms with van der Waals surface area (Å²) in [4.78, 5) is 21.7. The molecule has 6 rings (SSSR count). The van der Waals surface area contributed by atoms with Crippen molar-refractivity contribution in [2.75, 3.05) is 0 Å². The molecule has 0 spiro atoms. The molecule has 5 aromatic rings. The number of rotatable bonds is 5. The predicted molar refractivity (Wildman–Crippen MR) is 150 cm³/mol. The van der Waals surface area contributed by atoms with Gasteiger partial charge in [-0.2, -0.15) is 0 Å². The number of nitrogens with two attached hydrogens (primary N) is 1. The Balaban J connectivity index is 0.000000412. The molecule has 2 aromatic carbocycles. The van der Waals surface area contributed by atoms with Crippen LogP contribution in [-0.2, 0) is 13.6 Å². The Morgan fingerprint density at radius 3 is 2.43 bits per heavy atom. The Bertz CT molecular complexity index is 1580. The lowest BCUT2D eigenvalue weighted by Crippen LogP contribution is -2.22. The Hall–Kier alpha value is -3.45. The maximum Gasteiger partial charge on any atom is 0.251 e. The Labute approximate surface area is 225 Å². The molecule has 0 bridgehead atoms. The Kier molecular flexibility index (Phi) is 7.42. The van der Waals surface area contributed by atoms with Gasteiger partial charge in [0.05, 0.1) is 29.1 Å². The first kappa shape index (κ1) is 25.2. The number of halogens is 2. The van der Waals surface area contributed by atoms with Gasteiger partial charge < -0.3 is 14.9 Å². The van der Waals surface area contributed by atoms with E-state index < -0.39 is 6.04 Å². The first-order valence-corrected chi connectivity index (χ1v) is 12.9. The van der Waals surface area contributed by atoms with Gasteiger partial charge in [-0.15, -0.1) is 0 Å². The standard InChI is InChI=1S/C25H21Cl2N3O.C4H6N2/c26-18-8-6-16(7-9-18)24(28)21-10-11-22-25(29-21)20(17-2-1-3-19(27)12-17)13-23(31)30(22)14-15-4-5-15;1-6-3-2-5-4-6/h1-3,6-13,15,24H,4-5,14,28H2;2-4H,1H3. The summed E-state index contributed by atoms with van der Waals surface area (Å²) >= 11 is 12.3. The highest BCUT2D eigenvalue weighted by molar-refractivity contribution is 6.31. The molecule has 1 saturated carbocycles. The topological polar surface area (TPSA) is 78.7 Å². The lowest BCUT2D eigenvalue weighted by atomic mass is 10.0. The van der Waals surface area contributed by atoms with Gasteiger partial charge in [0.25, 0.3) is 5.56 Å². The van der Waals surface area contributed by atoms with Gasteiger partial charge in [-0.3, -0.25) is 4.79 Å². The molecule has 3 aromatic heterocycles. The van der Waals surface area contributed by atoms with Crippen LogP contribution in [0.4, 0.5) is 0 Å². The third-order valence-electron chi connectivity index (χ3n) is 6.43. The van der Waals surface area contributed by atoms with Crippen LogP contribution in [0, 0.1) is 5.92 Å². The van der Waals surface area contributed by atoms with Gasteiger partial charge >= 0.3 is 0 Å². The molecule has 1 aliphatic carbocycles. The highest BCUT2D eigenvalue weighted by atomic mass is 35.5. The van der Waals surface area contributed by atoms with Crippen molar-refractivity contribution in [2.24, 2.45) is 18.7 Å². The van der Waals surface area contributed by atoms with Crippen LogP contribution in [0.1, 0.15) is 30.1 Å². The molecule has 1 fully saturated rings. The molecule has 2 N–H and O–H groups in total. The van der Waals surface area contributed by atoms with Gasteiger partial charge in [-0.1, -0.05) is 47.5 Å². The van der Waals surface area contributed by atoms with E-state index in [1.54, 1.807) is 18.6 Å². The first-order chi connectivity index (χ1) is 17.9. The fraction of sp³-hybridized carbons (Fsp3) is 0.207. The van der Waals surface area contributed by atoms with E-state index >= 15 is 0 Å². The van der Waals surface area contributed by atoms with Crippen LogP contribution < -0.4 is 11.3 Å². The maximum atomic E-state index is 13.0. The zero-order valence-electron chi connectivity index (χ0n) is 20.4. The zero-order valence-corrected chi connectivity index (χ0v) is 21.9. The molecular formula is C29H27Cl2N5O. The summed E-state index contributed by atoms with van der Waals surface area (Å²) < 4.78 is 3.73. The quantitative estimate of drug-likeness (QED) is 0.290. The summed E-state index contributed by atoms with van der Waals surface area (Å²) in [6.07, 6.45) is 7.72. The summed E-state index contributed by atoms with van der Waals surface area (Å²) in [7, 11) is 1.94. The molecule has 8 heteroatoms. The minimum absolute atomic E-state index is 0.0223. The van der Waals surface area contributed by atoms with Crippen LogP contribution in [0.5, 0.6) is 0 Å². The SMILES string of the molecule is Cn1ccnc1.NC(c1ccc(Cl)cc1)c1ccc2c(n1)c(-c1cccc(Cl)c1)cc(=O)n2CC1CC1. The summed E-state index contributed by atoms with van der Waals surface area (Å²) in [5.41, 5.74) is 11.4. The molecule has 6 nitrogen and oxygen atoms in total. The second kappa shape index (κ2) is 10.9. The lowest BCUT2D eigenvalue weighted by molar-refractivity contribution is 0.626. The van der Waals surface area contributed by atoms with Crippen molar-refractivity contribution in [2.45, 2.75) is 25.4 Å². The number of hydrogen-bond acceptors (Lipinski definition) is 4. The average Bonchev–Trinajstić information content (AvgIpc) is 3.60. The second-order valence-electron chi connectivity index (χ2n) is 9.32. The van der Waals surface area contributed by atoms with Gasteiger partial charge in [0.1, 0.15) is 0 Å². The number of imidazole rings is 1. The van der Waals surface area contributed by atoms with Crippen molar-refractivity contribution < 1.29 is 0 Å². The molecule has 0 saturated heterocycles. The van der Waals surface area contributed by atoms with Gasteiger partial charge in [0.2, 0.25) is 0 Å². The third-order valence-corrected chi connectivity index (χ3v) is 6.92. The normalized spacial score (nSPS) is 13.7. The first-order valence-electron chi connectivity index (χ1n) is 12.1. The van der Waals surface area contributed by atoms with Crippen LogP contribution in [0.2, 0.25) is 10.0 Å². The van der Waals surface area contributed by atoms with Crippen molar-refractivity contribution in [3.63, 3.8) is 0 Å². The highest BCUT2D eigenvalue weighted by Crippen LogP contribution is 2.33. The molecule has 1 atom stereocenters. The van der Waals surface area contributed by atoms with Crippen LogP contribution in [0.15, 0.2) is 90.2 Å². The molecule has 0 radical (unpaired) electrons. The number of aryl methyl sites for hydroxylation is 1. The van der Waals surface area contributed by atoms with Crippen LogP contribution in [-0.4, -0.2) is 19.1 Å². The van der Waals surface area contributed by atoms with Gasteiger partial charge in [-0.05, 0) is 66.3 Å². The van der Waals surface area contributed by atoms with Crippen molar-refractivity contribution in [3.05, 3.63) is 117 Å². The van der Waals surface area contributed by atoms with E-state index in [0.29, 0.717) is 16.0 Å². The molecule has 0 aliphatic heterocycles. The van der Waals surface area contributed by atoms with E-state index in [9.17, 15) is 4.79 Å². The molecule has 3 heterocycles. The summed E-state index contributed by atoms with van der Waals surface area (Å²) in [6, 6.07) is 20.1. The molecular weight excluding hydrogens is 505 g/mol. The number of pyridine rings is 2. The number of hydrogen-bond donors (Lipinski definition) is 1. The smallest absolute Gasteiger partial charge is 0.251 e. The maximum absolute atomic E-state index is 13.0. The van der Waals surface area contributed by atoms with E-state index in [1.165, 1.54) is 0 Å². The van der Waals surface area contributed by atoms with Crippen molar-refractivity contribution >= 4 is 34.2 Å². The van der Waals surface area contributed by atoms with Crippen LogP contribution in [0.25, 0.3) is 22.2 Å². The van der Waals surface area contributed by atoms with E-state index in [4.69, 9.17) is 33.9 Å². The van der Waals surface area contributed by atoms with Crippen molar-refractivity contribution in [1.29, 1.82) is 0 Å². The molecule has 188 valence electrons. The molecule has 37 heavy (non-hydrogen) atoms. The lowest BCUT2D eigenvalue weighted by Gasteiger charge is -2.17. The van der Waals surface area contributed by atoms with Gasteiger partial charge in [-0.25, -0.2) is 9.97 Å². The molecule has 1 aliphatic rings. The average molecular weight is 532 g/mol. The number of aromatic nitrogens is 4. The summed E-state index contributed by atoms with van der Waals surface area (Å²) in [5.74, 6) is 0.564. The Morgan fingerprint density at radius 2 is 1.81 bits per heavy atom. The highest BCUT2D eigenvalue weighted by Gasteiger charge is 2.24. The summed E-state index contributed by atoms with van der Waals surface area (Å²) in [5, 5.41) is 1.27. The number of fused-ring (bicyclic) bond motifs is 1. The monoisotopic (exact) mass is 531 g/mol. The van der Waals surface area contributed by atoms with Crippen molar-refractivity contribution in [1.82, 2.24) is 19.1 Å². The minimum atomic E-state index is -0.405. The van der Waals surface area contributed by atoms with Crippen molar-refractivity contribution in [3.8, 4) is 11.1 Å². The van der Waals surface area contributed by atoms with E-state index in [2.05, 4.69) is 4.98 Å². The predicted octanol–water partition coefficient (Wildman–Crippen LogP) is 6.25.